The molecule has 1 saturated carbocycles. The van der Waals surface area contributed by atoms with Crippen molar-refractivity contribution >= 4 is 9.84 Å². The molecule has 3 heteroatoms. The summed E-state index contributed by atoms with van der Waals surface area (Å²) in [4.78, 5) is 0. The summed E-state index contributed by atoms with van der Waals surface area (Å²) in [5.41, 5.74) is 2.07. The molecule has 1 aliphatic rings. The molecule has 1 fully saturated rings. The summed E-state index contributed by atoms with van der Waals surface area (Å²) in [5.74, 6) is 0. The molecule has 2 rings (SSSR count). The summed E-state index contributed by atoms with van der Waals surface area (Å²) in [5, 5.41) is 0. The fraction of sp³-hybridized carbons (Fsp3) is 0.455. The van der Waals surface area contributed by atoms with Gasteiger partial charge >= 0.3 is 0 Å². The van der Waals surface area contributed by atoms with E-state index >= 15 is 0 Å². The van der Waals surface area contributed by atoms with Crippen LogP contribution in [0.2, 0.25) is 0 Å². The Morgan fingerprint density at radius 2 is 1.79 bits per heavy atom. The zero-order valence-electron chi connectivity index (χ0n) is 8.45. The molecule has 0 heterocycles. The van der Waals surface area contributed by atoms with E-state index in [2.05, 4.69) is 0 Å². The first-order valence-corrected chi connectivity index (χ1v) is 6.62. The number of benzene rings is 1. The van der Waals surface area contributed by atoms with Crippen LogP contribution >= 0.6 is 0 Å². The van der Waals surface area contributed by atoms with Gasteiger partial charge in [0, 0.05) is 6.26 Å². The maximum absolute atomic E-state index is 11.7. The average Bonchev–Trinajstić information content (AvgIpc) is 2.84. The lowest BCUT2D eigenvalue weighted by atomic mass is 10.0. The molecule has 0 N–H and O–H groups in total. The molecule has 0 aliphatic heterocycles. The van der Waals surface area contributed by atoms with E-state index in [0.717, 1.165) is 24.0 Å². The summed E-state index contributed by atoms with van der Waals surface area (Å²) < 4.78 is 22.8. The van der Waals surface area contributed by atoms with Crippen LogP contribution in [0.25, 0.3) is 0 Å². The molecular formula is C11H14O2S. The molecule has 0 spiro atoms. The molecule has 76 valence electrons. The SMILES string of the molecule is Cc1ccccc1C1(S(C)(=O)=O)CC1. The van der Waals surface area contributed by atoms with Crippen LogP contribution in [0.4, 0.5) is 0 Å². The number of hydrogen-bond acceptors (Lipinski definition) is 2. The van der Waals surface area contributed by atoms with Gasteiger partial charge in [-0.2, -0.15) is 0 Å². The fourth-order valence-electron chi connectivity index (χ4n) is 2.04. The van der Waals surface area contributed by atoms with E-state index in [1.165, 1.54) is 6.26 Å². The van der Waals surface area contributed by atoms with Crippen molar-refractivity contribution in [1.29, 1.82) is 0 Å². The van der Waals surface area contributed by atoms with Crippen molar-refractivity contribution in [2.75, 3.05) is 6.26 Å². The summed E-state index contributed by atoms with van der Waals surface area (Å²) in [6.45, 7) is 1.97. The van der Waals surface area contributed by atoms with E-state index < -0.39 is 14.6 Å². The van der Waals surface area contributed by atoms with Crippen molar-refractivity contribution in [2.45, 2.75) is 24.5 Å². The smallest absolute Gasteiger partial charge is 0.157 e. The molecule has 1 aromatic carbocycles. The van der Waals surface area contributed by atoms with E-state index in [4.69, 9.17) is 0 Å². The lowest BCUT2D eigenvalue weighted by Gasteiger charge is -2.15. The Labute approximate surface area is 84.9 Å². The molecule has 0 unspecified atom stereocenters. The van der Waals surface area contributed by atoms with Crippen molar-refractivity contribution in [3.8, 4) is 0 Å². The number of aryl methyl sites for hydroxylation is 1. The van der Waals surface area contributed by atoms with E-state index in [-0.39, 0.29) is 0 Å². The van der Waals surface area contributed by atoms with Crippen LogP contribution in [0.15, 0.2) is 24.3 Å². The van der Waals surface area contributed by atoms with Crippen LogP contribution in [-0.4, -0.2) is 14.7 Å². The summed E-state index contributed by atoms with van der Waals surface area (Å²) in [7, 11) is -2.97. The minimum atomic E-state index is -2.97. The predicted octanol–water partition coefficient (Wildman–Crippen LogP) is 2.03. The monoisotopic (exact) mass is 210 g/mol. The molecule has 0 radical (unpaired) electrons. The van der Waals surface area contributed by atoms with E-state index in [0.29, 0.717) is 0 Å². The minimum absolute atomic E-state index is 0.557. The predicted molar refractivity (Wildman–Crippen MR) is 56.9 cm³/mol. The lowest BCUT2D eigenvalue weighted by Crippen LogP contribution is -2.20. The fourth-order valence-corrected chi connectivity index (χ4v) is 3.51. The number of sulfone groups is 1. The molecule has 2 nitrogen and oxygen atoms in total. The molecular weight excluding hydrogens is 196 g/mol. The average molecular weight is 210 g/mol. The Balaban J connectivity index is 2.57. The molecule has 1 aliphatic carbocycles. The van der Waals surface area contributed by atoms with Gasteiger partial charge in [-0.15, -0.1) is 0 Å². The van der Waals surface area contributed by atoms with E-state index in [1.807, 2.05) is 31.2 Å². The first-order chi connectivity index (χ1) is 6.47. The van der Waals surface area contributed by atoms with Crippen LogP contribution in [0, 0.1) is 6.92 Å². The number of rotatable bonds is 2. The van der Waals surface area contributed by atoms with Gasteiger partial charge in [0.25, 0.3) is 0 Å². The van der Waals surface area contributed by atoms with E-state index in [9.17, 15) is 8.42 Å². The Hall–Kier alpha value is -0.830. The highest BCUT2D eigenvalue weighted by atomic mass is 32.2. The molecule has 14 heavy (non-hydrogen) atoms. The second-order valence-electron chi connectivity index (χ2n) is 4.08. The van der Waals surface area contributed by atoms with Gasteiger partial charge in [0.2, 0.25) is 0 Å². The Kier molecular flexibility index (Phi) is 1.96. The maximum Gasteiger partial charge on any atom is 0.157 e. The van der Waals surface area contributed by atoms with Crippen molar-refractivity contribution in [2.24, 2.45) is 0 Å². The minimum Gasteiger partial charge on any atom is -0.228 e. The zero-order valence-corrected chi connectivity index (χ0v) is 9.26. The third-order valence-corrected chi connectivity index (χ3v) is 5.10. The highest BCUT2D eigenvalue weighted by molar-refractivity contribution is 7.92. The van der Waals surface area contributed by atoms with Gasteiger partial charge in [-0.25, -0.2) is 8.42 Å². The van der Waals surface area contributed by atoms with E-state index in [1.54, 1.807) is 0 Å². The quantitative estimate of drug-likeness (QED) is 0.748. The zero-order chi connectivity index (χ0) is 10.4. The Morgan fingerprint density at radius 1 is 1.21 bits per heavy atom. The summed E-state index contributed by atoms with van der Waals surface area (Å²) in [6.07, 6.45) is 2.89. The largest absolute Gasteiger partial charge is 0.228 e. The van der Waals surface area contributed by atoms with Crippen LogP contribution in [0.1, 0.15) is 24.0 Å². The van der Waals surface area contributed by atoms with Crippen LogP contribution < -0.4 is 0 Å². The topological polar surface area (TPSA) is 34.1 Å². The normalized spacial score (nSPS) is 19.3. The van der Waals surface area contributed by atoms with Gasteiger partial charge in [-0.1, -0.05) is 24.3 Å². The maximum atomic E-state index is 11.7. The third kappa shape index (κ3) is 1.27. The molecule has 0 bridgehead atoms. The van der Waals surface area contributed by atoms with Gasteiger partial charge in [0.15, 0.2) is 9.84 Å². The standard InChI is InChI=1S/C11H14O2S/c1-9-5-3-4-6-10(9)11(7-8-11)14(2,12)13/h3-6H,7-8H2,1-2H3. The first-order valence-electron chi connectivity index (χ1n) is 4.73. The number of hydrogen-bond donors (Lipinski definition) is 0. The van der Waals surface area contributed by atoms with Crippen LogP contribution in [0.5, 0.6) is 0 Å². The van der Waals surface area contributed by atoms with Crippen molar-refractivity contribution in [1.82, 2.24) is 0 Å². The molecule has 0 saturated heterocycles. The molecule has 1 aromatic rings. The second kappa shape index (κ2) is 2.83. The highest BCUT2D eigenvalue weighted by Gasteiger charge is 2.53. The first kappa shape index (κ1) is 9.71. The Morgan fingerprint density at radius 3 is 2.21 bits per heavy atom. The van der Waals surface area contributed by atoms with Crippen LogP contribution in [0.3, 0.4) is 0 Å². The highest BCUT2D eigenvalue weighted by Crippen LogP contribution is 2.53. The molecule has 0 aromatic heterocycles. The molecule has 0 amide bonds. The van der Waals surface area contributed by atoms with Crippen molar-refractivity contribution < 1.29 is 8.42 Å². The van der Waals surface area contributed by atoms with Gasteiger partial charge in [0.1, 0.15) is 0 Å². The Bertz CT molecular complexity index is 456. The second-order valence-corrected chi connectivity index (χ2v) is 6.41. The van der Waals surface area contributed by atoms with Crippen molar-refractivity contribution in [3.63, 3.8) is 0 Å². The summed E-state index contributed by atoms with van der Waals surface area (Å²) in [6, 6.07) is 7.76. The van der Waals surface area contributed by atoms with Gasteiger partial charge in [0.05, 0.1) is 4.75 Å². The summed E-state index contributed by atoms with van der Waals surface area (Å²) >= 11 is 0. The lowest BCUT2D eigenvalue weighted by molar-refractivity contribution is 0.586. The van der Waals surface area contributed by atoms with Gasteiger partial charge in [-0.3, -0.25) is 0 Å². The van der Waals surface area contributed by atoms with Crippen molar-refractivity contribution in [3.05, 3.63) is 35.4 Å². The van der Waals surface area contributed by atoms with Gasteiger partial charge in [-0.05, 0) is 30.9 Å². The third-order valence-electron chi connectivity index (χ3n) is 3.05. The molecule has 0 atom stereocenters. The van der Waals surface area contributed by atoms with Gasteiger partial charge < -0.3 is 0 Å². The van der Waals surface area contributed by atoms with Crippen LogP contribution in [-0.2, 0) is 14.6 Å².